The fourth-order valence-corrected chi connectivity index (χ4v) is 3.38. The second-order valence-corrected chi connectivity index (χ2v) is 6.37. The molecule has 120 valence electrons. The fourth-order valence-electron chi connectivity index (χ4n) is 2.07. The lowest BCUT2D eigenvalue weighted by molar-refractivity contribution is -0.122. The van der Waals surface area contributed by atoms with Gasteiger partial charge in [-0.05, 0) is 30.2 Å². The number of thioether (sulfide) groups is 1. The van der Waals surface area contributed by atoms with Crippen molar-refractivity contribution in [3.8, 4) is 17.6 Å². The van der Waals surface area contributed by atoms with Crippen LogP contribution in [0.25, 0.3) is 6.08 Å². The minimum absolute atomic E-state index is 0.0502. The molecule has 2 rings (SSSR count). The van der Waals surface area contributed by atoms with Crippen LogP contribution in [0, 0.1) is 11.3 Å². The van der Waals surface area contributed by atoms with Crippen molar-refractivity contribution in [1.29, 1.82) is 5.26 Å². The molecular formula is C16H16N2O3S2. The average Bonchev–Trinajstić information content (AvgIpc) is 2.81. The van der Waals surface area contributed by atoms with Crippen LogP contribution in [0.3, 0.4) is 0 Å². The first-order valence-electron chi connectivity index (χ1n) is 7.03. The molecule has 0 unspecified atom stereocenters. The lowest BCUT2D eigenvalue weighted by atomic mass is 10.2. The molecular weight excluding hydrogens is 332 g/mol. The Kier molecular flexibility index (Phi) is 6.02. The van der Waals surface area contributed by atoms with E-state index in [9.17, 15) is 4.79 Å². The van der Waals surface area contributed by atoms with E-state index in [-0.39, 0.29) is 12.5 Å². The molecule has 1 aliphatic rings. The highest BCUT2D eigenvalue weighted by atomic mass is 32.2. The SMILES string of the molecule is CCCN1C(=O)/C(=C\c2ccc(OCC#N)c(OC)c2)SC1=S. The van der Waals surface area contributed by atoms with Crippen LogP contribution in [0.4, 0.5) is 0 Å². The Labute approximate surface area is 144 Å². The molecule has 1 aromatic rings. The zero-order chi connectivity index (χ0) is 16.8. The number of hydrogen-bond donors (Lipinski definition) is 0. The van der Waals surface area contributed by atoms with Gasteiger partial charge >= 0.3 is 0 Å². The number of methoxy groups -OCH3 is 1. The summed E-state index contributed by atoms with van der Waals surface area (Å²) in [7, 11) is 1.53. The zero-order valence-corrected chi connectivity index (χ0v) is 14.5. The summed E-state index contributed by atoms with van der Waals surface area (Å²) in [6, 6.07) is 7.20. The summed E-state index contributed by atoms with van der Waals surface area (Å²) in [6.07, 6.45) is 2.64. The van der Waals surface area contributed by atoms with Gasteiger partial charge < -0.3 is 9.47 Å². The van der Waals surface area contributed by atoms with Crippen molar-refractivity contribution in [3.63, 3.8) is 0 Å². The average molecular weight is 348 g/mol. The van der Waals surface area contributed by atoms with E-state index >= 15 is 0 Å². The number of rotatable bonds is 6. The molecule has 0 N–H and O–H groups in total. The van der Waals surface area contributed by atoms with Crippen LogP contribution in [-0.4, -0.2) is 35.4 Å². The highest BCUT2D eigenvalue weighted by Gasteiger charge is 2.31. The summed E-state index contributed by atoms with van der Waals surface area (Å²) in [5.74, 6) is 0.938. The number of ether oxygens (including phenoxy) is 2. The molecule has 1 heterocycles. The van der Waals surface area contributed by atoms with E-state index in [4.69, 9.17) is 27.0 Å². The van der Waals surface area contributed by atoms with Gasteiger partial charge in [0.15, 0.2) is 18.1 Å². The number of nitrogens with zero attached hydrogens (tertiary/aromatic N) is 2. The van der Waals surface area contributed by atoms with E-state index in [1.165, 1.54) is 18.9 Å². The van der Waals surface area contributed by atoms with Gasteiger partial charge in [0.2, 0.25) is 0 Å². The highest BCUT2D eigenvalue weighted by Crippen LogP contribution is 2.34. The van der Waals surface area contributed by atoms with E-state index in [1.807, 2.05) is 19.1 Å². The number of benzene rings is 1. The number of carbonyl (C=O) groups is 1. The third kappa shape index (κ3) is 4.03. The number of amides is 1. The van der Waals surface area contributed by atoms with Gasteiger partial charge in [-0.1, -0.05) is 37.0 Å². The quantitative estimate of drug-likeness (QED) is 0.581. The third-order valence-electron chi connectivity index (χ3n) is 3.10. The van der Waals surface area contributed by atoms with Gasteiger partial charge in [0, 0.05) is 6.54 Å². The molecule has 1 fully saturated rings. The molecule has 23 heavy (non-hydrogen) atoms. The summed E-state index contributed by atoms with van der Waals surface area (Å²) in [5, 5.41) is 8.58. The number of nitriles is 1. The smallest absolute Gasteiger partial charge is 0.266 e. The Morgan fingerprint density at radius 3 is 2.87 bits per heavy atom. The maximum atomic E-state index is 12.3. The third-order valence-corrected chi connectivity index (χ3v) is 4.48. The van der Waals surface area contributed by atoms with Gasteiger partial charge in [-0.15, -0.1) is 0 Å². The Bertz CT molecular complexity index is 695. The van der Waals surface area contributed by atoms with Crippen molar-refractivity contribution in [2.75, 3.05) is 20.3 Å². The van der Waals surface area contributed by atoms with Crippen LogP contribution >= 0.6 is 24.0 Å². The van der Waals surface area contributed by atoms with Crippen LogP contribution in [0.1, 0.15) is 18.9 Å². The predicted octanol–water partition coefficient (Wildman–Crippen LogP) is 3.21. The van der Waals surface area contributed by atoms with E-state index in [0.29, 0.717) is 27.3 Å². The van der Waals surface area contributed by atoms with Crippen molar-refractivity contribution < 1.29 is 14.3 Å². The van der Waals surface area contributed by atoms with Crippen molar-refractivity contribution in [2.45, 2.75) is 13.3 Å². The summed E-state index contributed by atoms with van der Waals surface area (Å²) in [5.41, 5.74) is 0.808. The molecule has 0 radical (unpaired) electrons. The molecule has 5 nitrogen and oxygen atoms in total. The maximum absolute atomic E-state index is 12.3. The molecule has 0 spiro atoms. The van der Waals surface area contributed by atoms with E-state index in [0.717, 1.165) is 12.0 Å². The molecule has 0 bridgehead atoms. The predicted molar refractivity (Wildman–Crippen MR) is 94.3 cm³/mol. The monoisotopic (exact) mass is 348 g/mol. The standard InChI is InChI=1S/C16H16N2O3S2/c1-3-7-18-15(19)14(23-16(18)22)10-11-4-5-12(21-8-6-17)13(9-11)20-2/h4-5,9-10H,3,7-8H2,1-2H3/b14-10+. The molecule has 0 aliphatic carbocycles. The molecule has 1 saturated heterocycles. The molecule has 0 aromatic heterocycles. The van der Waals surface area contributed by atoms with Gasteiger partial charge in [0.1, 0.15) is 10.4 Å². The molecule has 0 saturated carbocycles. The van der Waals surface area contributed by atoms with Crippen molar-refractivity contribution in [3.05, 3.63) is 28.7 Å². The number of hydrogen-bond acceptors (Lipinski definition) is 6. The Hall–Kier alpha value is -2.04. The minimum Gasteiger partial charge on any atom is -0.493 e. The lowest BCUT2D eigenvalue weighted by Crippen LogP contribution is -2.28. The van der Waals surface area contributed by atoms with Crippen LogP contribution in [0.15, 0.2) is 23.1 Å². The second kappa shape index (κ2) is 7.99. The summed E-state index contributed by atoms with van der Waals surface area (Å²) >= 11 is 6.55. The molecule has 7 heteroatoms. The van der Waals surface area contributed by atoms with Gasteiger partial charge in [0.05, 0.1) is 12.0 Å². The Morgan fingerprint density at radius 2 is 2.22 bits per heavy atom. The number of thiocarbonyl (C=S) groups is 1. The van der Waals surface area contributed by atoms with Crippen LogP contribution < -0.4 is 9.47 Å². The highest BCUT2D eigenvalue weighted by molar-refractivity contribution is 8.26. The second-order valence-electron chi connectivity index (χ2n) is 4.69. The Morgan fingerprint density at radius 1 is 1.43 bits per heavy atom. The van der Waals surface area contributed by atoms with Gasteiger partial charge in [-0.3, -0.25) is 9.69 Å². The van der Waals surface area contributed by atoms with Crippen LogP contribution in [-0.2, 0) is 4.79 Å². The van der Waals surface area contributed by atoms with E-state index in [2.05, 4.69) is 0 Å². The Balaban J connectivity index is 2.24. The first kappa shape index (κ1) is 17.3. The normalized spacial score (nSPS) is 15.9. The molecule has 1 amide bonds. The fraction of sp³-hybridized carbons (Fsp3) is 0.312. The van der Waals surface area contributed by atoms with Crippen molar-refractivity contribution in [2.24, 2.45) is 0 Å². The molecule has 0 atom stereocenters. The van der Waals surface area contributed by atoms with Gasteiger partial charge in [-0.2, -0.15) is 5.26 Å². The van der Waals surface area contributed by atoms with Crippen LogP contribution in [0.2, 0.25) is 0 Å². The first-order chi connectivity index (χ1) is 11.1. The van der Waals surface area contributed by atoms with Crippen molar-refractivity contribution in [1.82, 2.24) is 4.90 Å². The first-order valence-corrected chi connectivity index (χ1v) is 8.26. The minimum atomic E-state index is -0.0642. The molecule has 1 aliphatic heterocycles. The maximum Gasteiger partial charge on any atom is 0.266 e. The summed E-state index contributed by atoms with van der Waals surface area (Å²) < 4.78 is 11.1. The summed E-state index contributed by atoms with van der Waals surface area (Å²) in [4.78, 5) is 14.5. The van der Waals surface area contributed by atoms with Gasteiger partial charge in [-0.25, -0.2) is 0 Å². The topological polar surface area (TPSA) is 62.6 Å². The van der Waals surface area contributed by atoms with E-state index < -0.39 is 0 Å². The van der Waals surface area contributed by atoms with Gasteiger partial charge in [0.25, 0.3) is 5.91 Å². The number of carbonyl (C=O) groups excluding carboxylic acids is 1. The largest absolute Gasteiger partial charge is 0.493 e. The van der Waals surface area contributed by atoms with Crippen LogP contribution in [0.5, 0.6) is 11.5 Å². The lowest BCUT2D eigenvalue weighted by Gasteiger charge is -2.12. The van der Waals surface area contributed by atoms with Crippen molar-refractivity contribution >= 4 is 40.3 Å². The molecule has 1 aromatic carbocycles. The van der Waals surface area contributed by atoms with E-state index in [1.54, 1.807) is 23.1 Å². The zero-order valence-electron chi connectivity index (χ0n) is 12.9. The summed E-state index contributed by atoms with van der Waals surface area (Å²) in [6.45, 7) is 2.59.